The van der Waals surface area contributed by atoms with Crippen LogP contribution in [0.25, 0.3) is 0 Å². The molecule has 0 saturated carbocycles. The topological polar surface area (TPSA) is 56.7 Å². The van der Waals surface area contributed by atoms with Crippen LogP contribution in [0, 0.1) is 5.92 Å². The Morgan fingerprint density at radius 3 is 3.00 bits per heavy atom. The lowest BCUT2D eigenvalue weighted by Gasteiger charge is -2.18. The van der Waals surface area contributed by atoms with Gasteiger partial charge in [0.2, 0.25) is 0 Å². The molecule has 0 spiro atoms. The summed E-state index contributed by atoms with van der Waals surface area (Å²) in [5.41, 5.74) is 7.35. The van der Waals surface area contributed by atoms with Gasteiger partial charge in [-0.15, -0.1) is 0 Å². The molecule has 0 aromatic carbocycles. The lowest BCUT2D eigenvalue weighted by molar-refractivity contribution is 0.466. The van der Waals surface area contributed by atoms with E-state index in [0.29, 0.717) is 12.0 Å². The third-order valence-corrected chi connectivity index (χ3v) is 3.16. The van der Waals surface area contributed by atoms with Crippen molar-refractivity contribution in [2.24, 2.45) is 11.7 Å². The van der Waals surface area contributed by atoms with E-state index < -0.39 is 0 Å². The van der Waals surface area contributed by atoms with Gasteiger partial charge in [0.15, 0.2) is 0 Å². The van der Waals surface area contributed by atoms with Gasteiger partial charge in [-0.3, -0.25) is 0 Å². The largest absolute Gasteiger partial charge is 0.327 e. The monoisotopic (exact) mass is 234 g/mol. The molecule has 2 rings (SSSR count). The summed E-state index contributed by atoms with van der Waals surface area (Å²) in [6.45, 7) is 5.34. The van der Waals surface area contributed by atoms with E-state index in [-0.39, 0.29) is 0 Å². The molecule has 1 aliphatic carbocycles. The van der Waals surface area contributed by atoms with Gasteiger partial charge >= 0.3 is 0 Å². The van der Waals surface area contributed by atoms with Gasteiger partial charge in [-0.2, -0.15) is 5.10 Å². The molecular formula is C13H22N4. The van der Waals surface area contributed by atoms with Gasteiger partial charge in [-0.05, 0) is 25.2 Å². The van der Waals surface area contributed by atoms with Gasteiger partial charge < -0.3 is 5.73 Å². The molecule has 4 heteroatoms. The zero-order chi connectivity index (χ0) is 12.3. The van der Waals surface area contributed by atoms with E-state index in [1.165, 1.54) is 5.57 Å². The van der Waals surface area contributed by atoms with Gasteiger partial charge in [0.05, 0.1) is 0 Å². The summed E-state index contributed by atoms with van der Waals surface area (Å²) in [5, 5.41) is 4.29. The van der Waals surface area contributed by atoms with E-state index in [1.54, 1.807) is 6.33 Å². The maximum atomic E-state index is 5.89. The van der Waals surface area contributed by atoms with Crippen molar-refractivity contribution in [3.05, 3.63) is 23.8 Å². The summed E-state index contributed by atoms with van der Waals surface area (Å²) < 4.78 is 2.03. The maximum absolute atomic E-state index is 5.89. The highest BCUT2D eigenvalue weighted by Crippen LogP contribution is 2.20. The minimum Gasteiger partial charge on any atom is -0.327 e. The number of allylic oxidation sites excluding steroid dienone is 1. The predicted molar refractivity (Wildman–Crippen MR) is 68.5 cm³/mol. The first kappa shape index (κ1) is 12.3. The van der Waals surface area contributed by atoms with E-state index in [9.17, 15) is 0 Å². The molecule has 0 amide bonds. The fraction of sp³-hybridized carbons (Fsp3) is 0.692. The van der Waals surface area contributed by atoms with Crippen LogP contribution in [0.1, 0.15) is 38.9 Å². The number of aromatic nitrogens is 3. The second kappa shape index (κ2) is 5.45. The lowest BCUT2D eigenvalue weighted by Crippen LogP contribution is -2.22. The number of nitrogens with zero attached hydrogens (tertiary/aromatic N) is 3. The molecule has 4 nitrogen and oxygen atoms in total. The summed E-state index contributed by atoms with van der Waals surface area (Å²) in [7, 11) is 0. The molecule has 0 aliphatic heterocycles. The quantitative estimate of drug-likeness (QED) is 0.810. The second-order valence-electron chi connectivity index (χ2n) is 5.33. The molecule has 0 radical (unpaired) electrons. The van der Waals surface area contributed by atoms with Crippen molar-refractivity contribution >= 4 is 0 Å². The van der Waals surface area contributed by atoms with Crippen molar-refractivity contribution in [2.75, 3.05) is 0 Å². The van der Waals surface area contributed by atoms with Crippen LogP contribution < -0.4 is 5.73 Å². The predicted octanol–water partition coefficient (Wildman–Crippen LogP) is 1.91. The molecule has 1 heterocycles. The molecule has 94 valence electrons. The third-order valence-electron chi connectivity index (χ3n) is 3.16. The lowest BCUT2D eigenvalue weighted by atomic mass is 9.94. The van der Waals surface area contributed by atoms with Gasteiger partial charge in [0, 0.05) is 19.0 Å². The highest BCUT2D eigenvalue weighted by atomic mass is 15.3. The van der Waals surface area contributed by atoms with Gasteiger partial charge in [0.25, 0.3) is 0 Å². The highest BCUT2D eigenvalue weighted by molar-refractivity contribution is 5.13. The minimum absolute atomic E-state index is 0.354. The summed E-state index contributed by atoms with van der Waals surface area (Å²) in [4.78, 5) is 4.36. The Balaban J connectivity index is 2.01. The number of rotatable bonds is 4. The first-order valence-electron chi connectivity index (χ1n) is 6.45. The van der Waals surface area contributed by atoms with Crippen molar-refractivity contribution in [1.29, 1.82) is 0 Å². The molecule has 1 aromatic rings. The molecule has 1 aromatic heterocycles. The molecular weight excluding hydrogens is 212 g/mol. The van der Waals surface area contributed by atoms with E-state index in [0.717, 1.165) is 38.1 Å². The highest BCUT2D eigenvalue weighted by Gasteiger charge is 2.13. The molecule has 0 bridgehead atoms. The molecule has 0 fully saturated rings. The van der Waals surface area contributed by atoms with Crippen molar-refractivity contribution in [3.63, 3.8) is 0 Å². The first-order valence-corrected chi connectivity index (χ1v) is 6.45. The fourth-order valence-corrected chi connectivity index (χ4v) is 2.20. The summed E-state index contributed by atoms with van der Waals surface area (Å²) in [5.74, 6) is 1.68. The third kappa shape index (κ3) is 3.40. The minimum atomic E-state index is 0.354. The smallest absolute Gasteiger partial charge is 0.138 e. The number of nitrogens with two attached hydrogens (primary N) is 1. The Morgan fingerprint density at radius 2 is 2.35 bits per heavy atom. The van der Waals surface area contributed by atoms with Crippen molar-refractivity contribution in [3.8, 4) is 0 Å². The Hall–Kier alpha value is -1.16. The van der Waals surface area contributed by atoms with Crippen LogP contribution >= 0.6 is 0 Å². The maximum Gasteiger partial charge on any atom is 0.138 e. The fourth-order valence-electron chi connectivity index (χ4n) is 2.20. The summed E-state index contributed by atoms with van der Waals surface area (Å²) in [6.07, 6.45) is 8.09. The van der Waals surface area contributed by atoms with Crippen LogP contribution in [0.3, 0.4) is 0 Å². The van der Waals surface area contributed by atoms with E-state index in [1.807, 2.05) is 4.68 Å². The van der Waals surface area contributed by atoms with Crippen LogP contribution in [-0.4, -0.2) is 20.8 Å². The first-order chi connectivity index (χ1) is 8.15. The average molecular weight is 234 g/mol. The van der Waals surface area contributed by atoms with Crippen LogP contribution in [0.5, 0.6) is 0 Å². The van der Waals surface area contributed by atoms with E-state index >= 15 is 0 Å². The average Bonchev–Trinajstić information content (AvgIpc) is 2.68. The molecule has 2 N–H and O–H groups in total. The molecule has 0 saturated heterocycles. The van der Waals surface area contributed by atoms with Crippen LogP contribution in [-0.2, 0) is 13.0 Å². The summed E-state index contributed by atoms with van der Waals surface area (Å²) >= 11 is 0. The van der Waals surface area contributed by atoms with Crippen LogP contribution in [0.4, 0.5) is 0 Å². The number of hydrogen-bond donors (Lipinski definition) is 1. The second-order valence-corrected chi connectivity index (χ2v) is 5.33. The number of hydrogen-bond acceptors (Lipinski definition) is 3. The van der Waals surface area contributed by atoms with Gasteiger partial charge in [0.1, 0.15) is 12.2 Å². The summed E-state index contributed by atoms with van der Waals surface area (Å²) in [6, 6.07) is 0.354. The zero-order valence-electron chi connectivity index (χ0n) is 10.8. The molecule has 17 heavy (non-hydrogen) atoms. The molecule has 1 unspecified atom stereocenters. The Bertz CT molecular complexity index is 392. The van der Waals surface area contributed by atoms with Crippen LogP contribution in [0.15, 0.2) is 18.0 Å². The Kier molecular flexibility index (Phi) is 3.94. The van der Waals surface area contributed by atoms with E-state index in [4.69, 9.17) is 5.73 Å². The van der Waals surface area contributed by atoms with Gasteiger partial charge in [-0.25, -0.2) is 9.67 Å². The molecule has 1 atom stereocenters. The van der Waals surface area contributed by atoms with Crippen molar-refractivity contribution in [2.45, 2.75) is 52.1 Å². The van der Waals surface area contributed by atoms with Crippen LogP contribution in [0.2, 0.25) is 0 Å². The zero-order valence-corrected chi connectivity index (χ0v) is 10.8. The normalized spacial score (nSPS) is 20.7. The molecule has 1 aliphatic rings. The van der Waals surface area contributed by atoms with Crippen molar-refractivity contribution < 1.29 is 0 Å². The van der Waals surface area contributed by atoms with E-state index in [2.05, 4.69) is 30.0 Å². The Morgan fingerprint density at radius 1 is 1.53 bits per heavy atom. The SMILES string of the molecule is CC(C)Cn1ncnc1CC1=CCC(N)CC1. The van der Waals surface area contributed by atoms with Crippen molar-refractivity contribution in [1.82, 2.24) is 14.8 Å². The Labute approximate surface area is 103 Å². The standard InChI is InChI=1S/C13H22N4/c1-10(2)8-17-13(15-9-16-17)7-11-3-5-12(14)6-4-11/h3,9-10,12H,4-8,14H2,1-2H3. The van der Waals surface area contributed by atoms with Gasteiger partial charge in [-0.1, -0.05) is 25.5 Å².